The molecule has 2 aliphatic carbocycles. The summed E-state index contributed by atoms with van der Waals surface area (Å²) in [7, 11) is 0. The minimum atomic E-state index is 0.226. The van der Waals surface area contributed by atoms with Crippen LogP contribution in [0.2, 0.25) is 0 Å². The lowest BCUT2D eigenvalue weighted by atomic mass is 9.70. The van der Waals surface area contributed by atoms with E-state index in [2.05, 4.69) is 176 Å². The standard InChI is InChI=1S/C53H33NS/c54-32-35-17-4-5-18-36(35)51-42-23-10-8-21-40(42)50(41-22-9-11-24-43(41)51)34-29-30-37-46-27-14-28-47(53(46)55-48(37)31-34)52-44-25-12-6-19-38(44)49(33-15-2-1-3-16-33)39-20-7-13-26-45(39)52/h1-31,38,44H. The lowest BCUT2D eigenvalue weighted by molar-refractivity contribution is 0.687. The SMILES string of the molecule is N#Cc1ccccc1-c1c2ccccc2c(-c2ccc3c(c2)sc2c(C4=c5ccccc5=C(c5ccccc5)C5C=CC=CC45)cccc23)c2ccccc12. The minimum Gasteiger partial charge on any atom is -0.192 e. The number of hydrogen-bond donors (Lipinski definition) is 0. The van der Waals surface area contributed by atoms with Crippen LogP contribution in [-0.4, -0.2) is 0 Å². The number of fused-ring (bicyclic) bond motifs is 7. The van der Waals surface area contributed by atoms with Crippen molar-refractivity contribution in [3.05, 3.63) is 215 Å². The van der Waals surface area contributed by atoms with Gasteiger partial charge in [0.05, 0.1) is 11.6 Å². The van der Waals surface area contributed by atoms with Crippen molar-refractivity contribution in [1.82, 2.24) is 0 Å². The van der Waals surface area contributed by atoms with E-state index >= 15 is 0 Å². The predicted molar refractivity (Wildman–Crippen MR) is 232 cm³/mol. The number of nitrogens with zero attached hydrogens (tertiary/aromatic N) is 1. The van der Waals surface area contributed by atoms with Crippen molar-refractivity contribution in [3.8, 4) is 28.3 Å². The Labute approximate surface area is 323 Å². The first-order valence-electron chi connectivity index (χ1n) is 18.9. The fourth-order valence-electron chi connectivity index (χ4n) is 9.46. The van der Waals surface area contributed by atoms with Crippen molar-refractivity contribution in [2.24, 2.45) is 11.8 Å². The summed E-state index contributed by atoms with van der Waals surface area (Å²) in [6, 6.07) is 61.7. The van der Waals surface area contributed by atoms with Gasteiger partial charge >= 0.3 is 0 Å². The molecule has 0 aliphatic heterocycles. The van der Waals surface area contributed by atoms with E-state index in [4.69, 9.17) is 0 Å². The Kier molecular flexibility index (Phi) is 7.30. The molecule has 1 aromatic heterocycles. The van der Waals surface area contributed by atoms with Crippen molar-refractivity contribution in [1.29, 1.82) is 5.26 Å². The van der Waals surface area contributed by atoms with Crippen LogP contribution < -0.4 is 10.4 Å². The van der Waals surface area contributed by atoms with Gasteiger partial charge in [0.1, 0.15) is 0 Å². The Morgan fingerprint density at radius 2 is 1.00 bits per heavy atom. The minimum absolute atomic E-state index is 0.226. The van der Waals surface area contributed by atoms with Crippen LogP contribution in [0.4, 0.5) is 0 Å². The molecular formula is C53H33NS. The van der Waals surface area contributed by atoms with Gasteiger partial charge in [0.15, 0.2) is 0 Å². The molecule has 2 heteroatoms. The zero-order valence-corrected chi connectivity index (χ0v) is 30.7. The number of rotatable bonds is 4. The van der Waals surface area contributed by atoms with Gasteiger partial charge in [-0.25, -0.2) is 0 Å². The third-order valence-corrected chi connectivity index (χ3v) is 12.9. The number of benzene rings is 8. The highest BCUT2D eigenvalue weighted by molar-refractivity contribution is 7.26. The molecule has 2 unspecified atom stereocenters. The van der Waals surface area contributed by atoms with Gasteiger partial charge in [-0.05, 0) is 83.1 Å². The van der Waals surface area contributed by atoms with Crippen molar-refractivity contribution >= 4 is 64.2 Å². The second kappa shape index (κ2) is 12.7. The first-order valence-corrected chi connectivity index (χ1v) is 19.7. The Hall–Kier alpha value is -6.79. The molecule has 0 fully saturated rings. The molecule has 1 heterocycles. The van der Waals surface area contributed by atoms with Crippen molar-refractivity contribution in [2.75, 3.05) is 0 Å². The molecule has 0 radical (unpaired) electrons. The molecule has 0 saturated heterocycles. The van der Waals surface area contributed by atoms with Crippen LogP contribution in [0.3, 0.4) is 0 Å². The maximum absolute atomic E-state index is 10.1. The summed E-state index contributed by atoms with van der Waals surface area (Å²) >= 11 is 1.91. The lowest BCUT2D eigenvalue weighted by Gasteiger charge is -2.33. The van der Waals surface area contributed by atoms with Gasteiger partial charge in [-0.2, -0.15) is 5.26 Å². The summed E-state index contributed by atoms with van der Waals surface area (Å²) in [5.74, 6) is 0.474. The maximum atomic E-state index is 10.1. The summed E-state index contributed by atoms with van der Waals surface area (Å²) in [5.41, 5.74) is 10.6. The Bertz CT molecular complexity index is 3220. The van der Waals surface area contributed by atoms with Gasteiger partial charge in [-0.15, -0.1) is 11.3 Å². The summed E-state index contributed by atoms with van der Waals surface area (Å²) in [4.78, 5) is 0. The fraction of sp³-hybridized carbons (Fsp3) is 0.0377. The Morgan fingerprint density at radius 1 is 0.436 bits per heavy atom. The van der Waals surface area contributed by atoms with Crippen LogP contribution in [0.25, 0.3) is 75.1 Å². The third-order valence-electron chi connectivity index (χ3n) is 11.7. The molecule has 256 valence electrons. The van der Waals surface area contributed by atoms with Crippen molar-refractivity contribution < 1.29 is 0 Å². The monoisotopic (exact) mass is 715 g/mol. The van der Waals surface area contributed by atoms with Crippen molar-refractivity contribution in [2.45, 2.75) is 0 Å². The number of allylic oxidation sites excluding steroid dienone is 4. The van der Waals surface area contributed by atoms with Gasteiger partial charge in [0.25, 0.3) is 0 Å². The van der Waals surface area contributed by atoms with E-state index in [0.29, 0.717) is 5.56 Å². The maximum Gasteiger partial charge on any atom is 0.0998 e. The smallest absolute Gasteiger partial charge is 0.0998 e. The fourth-order valence-corrected chi connectivity index (χ4v) is 10.7. The highest BCUT2D eigenvalue weighted by atomic mass is 32.1. The van der Waals surface area contributed by atoms with Crippen LogP contribution in [-0.2, 0) is 0 Å². The van der Waals surface area contributed by atoms with E-state index in [1.165, 1.54) is 74.8 Å². The molecule has 0 saturated carbocycles. The quantitative estimate of drug-likeness (QED) is 0.166. The summed E-state index contributed by atoms with van der Waals surface area (Å²) in [6.07, 6.45) is 9.27. The molecule has 1 nitrogen and oxygen atoms in total. The average Bonchev–Trinajstić information content (AvgIpc) is 3.63. The van der Waals surface area contributed by atoms with E-state index < -0.39 is 0 Å². The number of thiophene rings is 1. The second-order valence-electron chi connectivity index (χ2n) is 14.6. The molecule has 0 N–H and O–H groups in total. The lowest BCUT2D eigenvalue weighted by Crippen LogP contribution is -2.40. The van der Waals surface area contributed by atoms with E-state index in [9.17, 15) is 5.26 Å². The molecule has 0 spiro atoms. The van der Waals surface area contributed by atoms with E-state index in [-0.39, 0.29) is 11.8 Å². The Balaban J connectivity index is 1.17. The second-order valence-corrected chi connectivity index (χ2v) is 15.6. The highest BCUT2D eigenvalue weighted by Gasteiger charge is 2.32. The van der Waals surface area contributed by atoms with Gasteiger partial charge in [0, 0.05) is 37.6 Å². The molecule has 2 aliphatic rings. The molecule has 9 aromatic rings. The van der Waals surface area contributed by atoms with E-state index in [1.807, 2.05) is 29.5 Å². The van der Waals surface area contributed by atoms with Crippen molar-refractivity contribution in [3.63, 3.8) is 0 Å². The van der Waals surface area contributed by atoms with Gasteiger partial charge in [0.2, 0.25) is 0 Å². The molecule has 0 amide bonds. The third kappa shape index (κ3) is 4.84. The predicted octanol–water partition coefficient (Wildman–Crippen LogP) is 12.3. The number of hydrogen-bond acceptors (Lipinski definition) is 2. The van der Waals surface area contributed by atoms with Crippen LogP contribution in [0.15, 0.2) is 188 Å². The summed E-state index contributed by atoms with van der Waals surface area (Å²) in [6.45, 7) is 0. The van der Waals surface area contributed by atoms with Gasteiger partial charge in [-0.3, -0.25) is 0 Å². The van der Waals surface area contributed by atoms with Crippen LogP contribution in [0.1, 0.15) is 16.7 Å². The van der Waals surface area contributed by atoms with Crippen LogP contribution >= 0.6 is 11.3 Å². The van der Waals surface area contributed by atoms with E-state index in [1.54, 1.807) is 0 Å². The van der Waals surface area contributed by atoms with E-state index in [0.717, 1.165) is 21.9 Å². The normalized spacial score (nSPS) is 16.1. The zero-order chi connectivity index (χ0) is 36.5. The Morgan fingerprint density at radius 3 is 1.71 bits per heavy atom. The number of nitriles is 1. The molecular weight excluding hydrogens is 683 g/mol. The summed E-state index contributed by atoms with van der Waals surface area (Å²) < 4.78 is 2.62. The zero-order valence-electron chi connectivity index (χ0n) is 29.9. The topological polar surface area (TPSA) is 23.8 Å². The highest BCUT2D eigenvalue weighted by Crippen LogP contribution is 2.48. The van der Waals surface area contributed by atoms with Crippen LogP contribution in [0, 0.1) is 23.2 Å². The van der Waals surface area contributed by atoms with Crippen LogP contribution in [0.5, 0.6) is 0 Å². The molecule has 55 heavy (non-hydrogen) atoms. The molecule has 0 bridgehead atoms. The summed E-state index contributed by atoms with van der Waals surface area (Å²) in [5, 5.41) is 20.0. The average molecular weight is 716 g/mol. The first-order chi connectivity index (χ1) is 27.3. The largest absolute Gasteiger partial charge is 0.192 e. The van der Waals surface area contributed by atoms with Gasteiger partial charge in [-0.1, -0.05) is 176 Å². The first kappa shape index (κ1) is 31.7. The molecule has 2 atom stereocenters. The molecule has 8 aromatic carbocycles. The molecule has 11 rings (SSSR count). The van der Waals surface area contributed by atoms with Gasteiger partial charge < -0.3 is 0 Å².